The highest BCUT2D eigenvalue weighted by atomic mass is 16.5. The number of hydrogen-bond acceptors (Lipinski definition) is 6. The van der Waals surface area contributed by atoms with Crippen molar-refractivity contribution in [1.82, 2.24) is 29.7 Å². The summed E-state index contributed by atoms with van der Waals surface area (Å²) in [6.45, 7) is 2.03. The average molecular weight is 288 g/mol. The second kappa shape index (κ2) is 4.85. The second-order valence-electron chi connectivity index (χ2n) is 4.55. The second-order valence-corrected chi connectivity index (χ2v) is 4.55. The maximum Gasteiger partial charge on any atom is 0.358 e. The number of aromatic nitrogens is 6. The molecule has 3 aromatic rings. The molecule has 0 saturated carbocycles. The molecule has 0 atom stereocenters. The Bertz CT molecular complexity index is 800. The molecule has 108 valence electrons. The van der Waals surface area contributed by atoms with Crippen LogP contribution in [0.1, 0.15) is 21.9 Å². The highest BCUT2D eigenvalue weighted by Crippen LogP contribution is 2.21. The van der Waals surface area contributed by atoms with Crippen molar-refractivity contribution >= 4 is 5.97 Å². The molecule has 0 radical (unpaired) electrons. The van der Waals surface area contributed by atoms with Crippen molar-refractivity contribution in [2.45, 2.75) is 13.5 Å². The fourth-order valence-electron chi connectivity index (χ4n) is 2.02. The van der Waals surface area contributed by atoms with E-state index in [1.807, 2.05) is 0 Å². The summed E-state index contributed by atoms with van der Waals surface area (Å²) in [4.78, 5) is 15.5. The van der Waals surface area contributed by atoms with Gasteiger partial charge in [0.25, 0.3) is 0 Å². The van der Waals surface area contributed by atoms with Crippen molar-refractivity contribution in [2.75, 3.05) is 0 Å². The largest absolute Gasteiger partial charge is 0.476 e. The molecule has 0 aliphatic rings. The van der Waals surface area contributed by atoms with Crippen LogP contribution in [-0.4, -0.2) is 40.8 Å². The van der Waals surface area contributed by atoms with Gasteiger partial charge >= 0.3 is 5.97 Å². The summed E-state index contributed by atoms with van der Waals surface area (Å²) in [6.07, 6.45) is 3.30. The summed E-state index contributed by atoms with van der Waals surface area (Å²) in [5.74, 6) is -0.133. The predicted octanol–water partition coefficient (Wildman–Crippen LogP) is 0.722. The van der Waals surface area contributed by atoms with E-state index >= 15 is 0 Å². The highest BCUT2D eigenvalue weighted by Gasteiger charge is 2.24. The smallest absolute Gasteiger partial charge is 0.358 e. The van der Waals surface area contributed by atoms with E-state index in [4.69, 9.17) is 4.52 Å². The van der Waals surface area contributed by atoms with Crippen molar-refractivity contribution in [3.8, 4) is 11.5 Å². The minimum absolute atomic E-state index is 0.152. The van der Waals surface area contributed by atoms with E-state index in [2.05, 4.69) is 20.5 Å². The predicted molar refractivity (Wildman–Crippen MR) is 69.5 cm³/mol. The first-order chi connectivity index (χ1) is 10.1. The quantitative estimate of drug-likeness (QED) is 0.752. The van der Waals surface area contributed by atoms with Crippen LogP contribution in [0.15, 0.2) is 23.0 Å². The Labute approximate surface area is 118 Å². The Hall–Kier alpha value is -2.97. The first-order valence-corrected chi connectivity index (χ1v) is 6.13. The molecule has 9 heteroatoms. The van der Waals surface area contributed by atoms with Gasteiger partial charge in [-0.25, -0.2) is 14.5 Å². The Morgan fingerprint density at radius 3 is 2.86 bits per heavy atom. The van der Waals surface area contributed by atoms with Crippen LogP contribution in [0, 0.1) is 6.92 Å². The molecule has 3 heterocycles. The van der Waals surface area contributed by atoms with Crippen molar-refractivity contribution in [1.29, 1.82) is 0 Å². The first kappa shape index (κ1) is 13.0. The summed E-state index contributed by atoms with van der Waals surface area (Å²) in [5, 5.41) is 20.6. The van der Waals surface area contributed by atoms with Crippen LogP contribution in [0.25, 0.3) is 11.5 Å². The van der Waals surface area contributed by atoms with Crippen molar-refractivity contribution in [3.63, 3.8) is 0 Å². The van der Waals surface area contributed by atoms with Crippen LogP contribution in [0.2, 0.25) is 0 Å². The van der Waals surface area contributed by atoms with Crippen molar-refractivity contribution < 1.29 is 14.4 Å². The molecule has 1 N–H and O–H groups in total. The summed E-state index contributed by atoms with van der Waals surface area (Å²) < 4.78 is 8.27. The van der Waals surface area contributed by atoms with Gasteiger partial charge in [0.2, 0.25) is 5.69 Å². The standard InChI is InChI=1S/C12H12N6O3/c1-7-5-8(21-15-7)6-18-10(9(12(19)20)14-16-18)11-13-3-4-17(11)2/h3-5H,6H2,1-2H3,(H,19,20). The van der Waals surface area contributed by atoms with Gasteiger partial charge in [0.05, 0.1) is 5.69 Å². The summed E-state index contributed by atoms with van der Waals surface area (Å²) in [7, 11) is 1.77. The van der Waals surface area contributed by atoms with Crippen LogP contribution in [0.5, 0.6) is 0 Å². The van der Waals surface area contributed by atoms with E-state index in [0.717, 1.165) is 5.69 Å². The zero-order chi connectivity index (χ0) is 15.0. The Balaban J connectivity index is 2.09. The molecule has 0 fully saturated rings. The third-order valence-corrected chi connectivity index (χ3v) is 2.95. The van der Waals surface area contributed by atoms with Crippen molar-refractivity contribution in [2.24, 2.45) is 7.05 Å². The maximum atomic E-state index is 11.3. The van der Waals surface area contributed by atoms with Gasteiger partial charge in [-0.2, -0.15) is 0 Å². The number of hydrogen-bond donors (Lipinski definition) is 1. The molecule has 0 aliphatic carbocycles. The number of carbonyl (C=O) groups is 1. The van der Waals surface area contributed by atoms with Gasteiger partial charge in [-0.1, -0.05) is 10.4 Å². The lowest BCUT2D eigenvalue weighted by Crippen LogP contribution is -2.08. The van der Waals surface area contributed by atoms with Crippen LogP contribution in [0.3, 0.4) is 0 Å². The fourth-order valence-corrected chi connectivity index (χ4v) is 2.02. The molecule has 9 nitrogen and oxygen atoms in total. The minimum Gasteiger partial charge on any atom is -0.476 e. The fraction of sp³-hybridized carbons (Fsp3) is 0.250. The molecule has 0 aromatic carbocycles. The van der Waals surface area contributed by atoms with Gasteiger partial charge in [-0.3, -0.25) is 0 Å². The minimum atomic E-state index is -1.16. The number of nitrogens with zero attached hydrogens (tertiary/aromatic N) is 6. The van der Waals surface area contributed by atoms with Gasteiger partial charge in [0, 0.05) is 25.5 Å². The van der Waals surface area contributed by atoms with Crippen LogP contribution < -0.4 is 0 Å². The molecular weight excluding hydrogens is 276 g/mol. The van der Waals surface area contributed by atoms with E-state index in [1.54, 1.807) is 37.0 Å². The van der Waals surface area contributed by atoms with Gasteiger partial charge < -0.3 is 14.2 Å². The third-order valence-electron chi connectivity index (χ3n) is 2.95. The van der Waals surface area contributed by atoms with E-state index in [1.165, 1.54) is 4.68 Å². The number of carboxylic acid groups (broad SMARTS) is 1. The SMILES string of the molecule is Cc1cc(Cn2nnc(C(=O)O)c2-c2nccn2C)on1. The zero-order valence-electron chi connectivity index (χ0n) is 11.4. The maximum absolute atomic E-state index is 11.3. The van der Waals surface area contributed by atoms with Gasteiger partial charge in [0.1, 0.15) is 12.2 Å². The van der Waals surface area contributed by atoms with Gasteiger partial charge in [0.15, 0.2) is 11.6 Å². The van der Waals surface area contributed by atoms with E-state index in [9.17, 15) is 9.90 Å². The monoisotopic (exact) mass is 288 g/mol. The molecule has 0 amide bonds. The molecule has 0 bridgehead atoms. The number of aryl methyl sites for hydroxylation is 2. The molecule has 0 unspecified atom stereocenters. The molecular formula is C12H12N6O3. The van der Waals surface area contributed by atoms with Crippen molar-refractivity contribution in [3.05, 3.63) is 35.6 Å². The number of imidazole rings is 1. The van der Waals surface area contributed by atoms with Gasteiger partial charge in [-0.15, -0.1) is 5.10 Å². The average Bonchev–Trinajstić information content (AvgIpc) is 3.11. The number of carboxylic acids is 1. The lowest BCUT2D eigenvalue weighted by molar-refractivity contribution is 0.0691. The normalized spacial score (nSPS) is 11.0. The topological polar surface area (TPSA) is 112 Å². The zero-order valence-corrected chi connectivity index (χ0v) is 11.4. The van der Waals surface area contributed by atoms with E-state index in [-0.39, 0.29) is 12.2 Å². The van der Waals surface area contributed by atoms with Crippen LogP contribution in [-0.2, 0) is 13.6 Å². The van der Waals surface area contributed by atoms with E-state index in [0.29, 0.717) is 17.3 Å². The Kier molecular flexibility index (Phi) is 3.01. The lowest BCUT2D eigenvalue weighted by Gasteiger charge is -2.05. The van der Waals surface area contributed by atoms with Gasteiger partial charge in [-0.05, 0) is 6.92 Å². The number of rotatable bonds is 4. The van der Waals surface area contributed by atoms with Crippen LogP contribution in [0.4, 0.5) is 0 Å². The molecule has 3 rings (SSSR count). The molecule has 21 heavy (non-hydrogen) atoms. The Morgan fingerprint density at radius 2 is 2.29 bits per heavy atom. The summed E-state index contributed by atoms with van der Waals surface area (Å²) in [6, 6.07) is 1.75. The Morgan fingerprint density at radius 1 is 1.48 bits per heavy atom. The lowest BCUT2D eigenvalue weighted by atomic mass is 10.3. The first-order valence-electron chi connectivity index (χ1n) is 6.13. The summed E-state index contributed by atoms with van der Waals surface area (Å²) in [5.41, 5.74) is 0.909. The highest BCUT2D eigenvalue weighted by molar-refractivity contribution is 5.91. The molecule has 0 saturated heterocycles. The number of aromatic carboxylic acids is 1. The third kappa shape index (κ3) is 2.29. The summed E-state index contributed by atoms with van der Waals surface area (Å²) >= 11 is 0. The molecule has 0 aliphatic heterocycles. The van der Waals surface area contributed by atoms with E-state index < -0.39 is 5.97 Å². The van der Waals surface area contributed by atoms with Crippen LogP contribution >= 0.6 is 0 Å². The molecule has 3 aromatic heterocycles. The molecule has 0 spiro atoms.